The number of aliphatic hydroxyl groups excluding tert-OH is 2. The summed E-state index contributed by atoms with van der Waals surface area (Å²) in [5.41, 5.74) is 0. The van der Waals surface area contributed by atoms with Crippen LogP contribution in [-0.4, -0.2) is 34.5 Å². The maximum atomic E-state index is 11.3. The van der Waals surface area contributed by atoms with Crippen LogP contribution in [0.2, 0.25) is 0 Å². The molecule has 0 aromatic rings. The lowest BCUT2D eigenvalue weighted by atomic mass is 10.0. The molecule has 4 nitrogen and oxygen atoms in total. The van der Waals surface area contributed by atoms with E-state index in [1.807, 2.05) is 6.92 Å². The third kappa shape index (κ3) is 4.77. The van der Waals surface area contributed by atoms with Gasteiger partial charge in [0.2, 0.25) is 0 Å². The molecular formula is C12H20O4. The molecule has 4 heteroatoms. The van der Waals surface area contributed by atoms with E-state index in [1.165, 1.54) is 12.2 Å². The minimum Gasteiger partial charge on any atom is -0.460 e. The zero-order chi connectivity index (χ0) is 12.0. The molecule has 1 unspecified atom stereocenters. The van der Waals surface area contributed by atoms with Crippen molar-refractivity contribution in [2.45, 2.75) is 57.3 Å². The summed E-state index contributed by atoms with van der Waals surface area (Å²) in [5, 5.41) is 19.0. The summed E-state index contributed by atoms with van der Waals surface area (Å²) in [6.45, 7) is 1.86. The maximum absolute atomic E-state index is 11.3. The largest absolute Gasteiger partial charge is 0.460 e. The van der Waals surface area contributed by atoms with E-state index in [4.69, 9.17) is 4.74 Å². The van der Waals surface area contributed by atoms with Gasteiger partial charge in [-0.05, 0) is 32.3 Å². The van der Waals surface area contributed by atoms with Crippen LogP contribution in [0.25, 0.3) is 0 Å². The van der Waals surface area contributed by atoms with Gasteiger partial charge in [-0.2, -0.15) is 0 Å². The van der Waals surface area contributed by atoms with E-state index in [0.717, 1.165) is 25.7 Å². The lowest BCUT2D eigenvalue weighted by molar-refractivity contribution is -0.142. The smallest absolute Gasteiger partial charge is 0.330 e. The first-order valence-corrected chi connectivity index (χ1v) is 5.84. The summed E-state index contributed by atoms with van der Waals surface area (Å²) >= 11 is 0. The van der Waals surface area contributed by atoms with Gasteiger partial charge in [0.05, 0.1) is 18.3 Å². The molecule has 16 heavy (non-hydrogen) atoms. The third-order valence-electron chi connectivity index (χ3n) is 2.75. The minimum atomic E-state index is -0.984. The lowest BCUT2D eigenvalue weighted by Gasteiger charge is -2.16. The van der Waals surface area contributed by atoms with Gasteiger partial charge < -0.3 is 14.9 Å². The topological polar surface area (TPSA) is 66.8 Å². The molecule has 0 saturated carbocycles. The van der Waals surface area contributed by atoms with E-state index in [0.29, 0.717) is 6.42 Å². The van der Waals surface area contributed by atoms with Crippen molar-refractivity contribution in [1.29, 1.82) is 0 Å². The van der Waals surface area contributed by atoms with Gasteiger partial charge in [-0.1, -0.05) is 12.8 Å². The predicted molar refractivity (Wildman–Crippen MR) is 59.8 cm³/mol. The molecular weight excluding hydrogens is 208 g/mol. The van der Waals surface area contributed by atoms with Crippen LogP contribution in [0.15, 0.2) is 12.2 Å². The Morgan fingerprint density at radius 1 is 1.25 bits per heavy atom. The van der Waals surface area contributed by atoms with Crippen LogP contribution in [0, 0.1) is 0 Å². The van der Waals surface area contributed by atoms with Gasteiger partial charge in [0.25, 0.3) is 0 Å². The summed E-state index contributed by atoms with van der Waals surface area (Å²) in [6, 6.07) is 0. The summed E-state index contributed by atoms with van der Waals surface area (Å²) in [4.78, 5) is 11.3. The second-order valence-electron chi connectivity index (χ2n) is 4.30. The van der Waals surface area contributed by atoms with Gasteiger partial charge in [0, 0.05) is 6.08 Å². The Morgan fingerprint density at radius 2 is 1.94 bits per heavy atom. The molecule has 0 aromatic heterocycles. The molecule has 0 fully saturated rings. The molecule has 0 amide bonds. The maximum Gasteiger partial charge on any atom is 0.330 e. The Balaban J connectivity index is 2.58. The molecule has 0 saturated heterocycles. The van der Waals surface area contributed by atoms with E-state index in [2.05, 4.69) is 0 Å². The SMILES string of the molecule is CC1CCCCC[C@H](O)[C@@H](O)/C=C/C(=O)O1. The normalized spacial score (nSPS) is 35.7. The van der Waals surface area contributed by atoms with Gasteiger partial charge in [-0.25, -0.2) is 4.79 Å². The molecule has 0 spiro atoms. The number of carbonyl (C=O) groups excluding carboxylic acids is 1. The van der Waals surface area contributed by atoms with Crippen molar-refractivity contribution in [1.82, 2.24) is 0 Å². The van der Waals surface area contributed by atoms with E-state index in [-0.39, 0.29) is 6.10 Å². The van der Waals surface area contributed by atoms with Crippen molar-refractivity contribution in [3.05, 3.63) is 12.2 Å². The number of ether oxygens (including phenoxy) is 1. The molecule has 2 N–H and O–H groups in total. The lowest BCUT2D eigenvalue weighted by Crippen LogP contribution is -2.24. The Bertz CT molecular complexity index is 249. The molecule has 1 aliphatic heterocycles. The second-order valence-corrected chi connectivity index (χ2v) is 4.30. The van der Waals surface area contributed by atoms with Gasteiger partial charge in [0.15, 0.2) is 0 Å². The summed E-state index contributed by atoms with van der Waals surface area (Å²) in [5.74, 6) is -0.459. The molecule has 1 aliphatic rings. The monoisotopic (exact) mass is 228 g/mol. The molecule has 3 atom stereocenters. The van der Waals surface area contributed by atoms with Crippen LogP contribution in [0.4, 0.5) is 0 Å². The van der Waals surface area contributed by atoms with E-state index in [1.54, 1.807) is 0 Å². The Hall–Kier alpha value is -0.870. The first-order valence-electron chi connectivity index (χ1n) is 5.84. The number of hydrogen-bond acceptors (Lipinski definition) is 4. The van der Waals surface area contributed by atoms with Crippen molar-refractivity contribution in [3.8, 4) is 0 Å². The van der Waals surface area contributed by atoms with E-state index >= 15 is 0 Å². The van der Waals surface area contributed by atoms with Crippen LogP contribution in [-0.2, 0) is 9.53 Å². The van der Waals surface area contributed by atoms with Gasteiger partial charge in [-0.15, -0.1) is 0 Å². The first kappa shape index (κ1) is 13.2. The first-order chi connectivity index (χ1) is 7.59. The van der Waals surface area contributed by atoms with Crippen molar-refractivity contribution in [2.75, 3.05) is 0 Å². The molecule has 1 rings (SSSR count). The average molecular weight is 228 g/mol. The standard InChI is InChI=1S/C12H20O4/c1-9-5-3-2-4-6-10(13)11(14)7-8-12(15)16-9/h7-11,13-14H,2-6H2,1H3/b8-7+/t9?,10-,11-/m0/s1. The van der Waals surface area contributed by atoms with Gasteiger partial charge in [-0.3, -0.25) is 0 Å². The molecule has 92 valence electrons. The fourth-order valence-corrected chi connectivity index (χ4v) is 1.73. The minimum absolute atomic E-state index is 0.0846. The number of rotatable bonds is 0. The number of carbonyl (C=O) groups is 1. The highest BCUT2D eigenvalue weighted by molar-refractivity contribution is 5.82. The van der Waals surface area contributed by atoms with Crippen molar-refractivity contribution in [3.63, 3.8) is 0 Å². The van der Waals surface area contributed by atoms with Crippen molar-refractivity contribution < 1.29 is 19.7 Å². The van der Waals surface area contributed by atoms with Gasteiger partial charge in [0.1, 0.15) is 0 Å². The van der Waals surface area contributed by atoms with Crippen LogP contribution in [0.3, 0.4) is 0 Å². The van der Waals surface area contributed by atoms with Crippen molar-refractivity contribution >= 4 is 5.97 Å². The highest BCUT2D eigenvalue weighted by Crippen LogP contribution is 2.13. The molecule has 0 aromatic carbocycles. The van der Waals surface area contributed by atoms with Crippen LogP contribution >= 0.6 is 0 Å². The molecule has 0 radical (unpaired) electrons. The zero-order valence-corrected chi connectivity index (χ0v) is 9.63. The Kier molecular flexibility index (Phi) is 5.49. The molecule has 0 bridgehead atoms. The zero-order valence-electron chi connectivity index (χ0n) is 9.63. The van der Waals surface area contributed by atoms with Crippen LogP contribution in [0.5, 0.6) is 0 Å². The van der Waals surface area contributed by atoms with Crippen LogP contribution < -0.4 is 0 Å². The quantitative estimate of drug-likeness (QED) is 0.611. The highest BCUT2D eigenvalue weighted by atomic mass is 16.5. The number of cyclic esters (lactones) is 1. The van der Waals surface area contributed by atoms with Crippen LogP contribution in [0.1, 0.15) is 39.0 Å². The molecule has 0 aliphatic carbocycles. The summed E-state index contributed by atoms with van der Waals surface area (Å²) < 4.78 is 5.09. The molecule has 1 heterocycles. The number of esters is 1. The predicted octanol–water partition coefficient (Wildman–Crippen LogP) is 1.16. The fraction of sp³-hybridized carbons (Fsp3) is 0.750. The van der Waals surface area contributed by atoms with E-state index < -0.39 is 18.2 Å². The summed E-state index contributed by atoms with van der Waals surface area (Å²) in [7, 11) is 0. The van der Waals surface area contributed by atoms with Crippen molar-refractivity contribution in [2.24, 2.45) is 0 Å². The second kappa shape index (κ2) is 6.66. The fourth-order valence-electron chi connectivity index (χ4n) is 1.73. The number of aliphatic hydroxyl groups is 2. The average Bonchev–Trinajstić information content (AvgIpc) is 2.23. The Morgan fingerprint density at radius 3 is 2.69 bits per heavy atom. The number of hydrogen-bond donors (Lipinski definition) is 2. The third-order valence-corrected chi connectivity index (χ3v) is 2.75. The Labute approximate surface area is 95.9 Å². The van der Waals surface area contributed by atoms with Gasteiger partial charge >= 0.3 is 5.97 Å². The van der Waals surface area contributed by atoms with E-state index in [9.17, 15) is 15.0 Å². The summed E-state index contributed by atoms with van der Waals surface area (Å²) in [6.07, 6.45) is 4.87. The highest BCUT2D eigenvalue weighted by Gasteiger charge is 2.15.